The lowest BCUT2D eigenvalue weighted by molar-refractivity contribution is -0.138. The summed E-state index contributed by atoms with van der Waals surface area (Å²) >= 11 is 1.32. The molecule has 1 atom stereocenters. The number of tetrazole rings is 1. The number of hydrogen-bond acceptors (Lipinski definition) is 7. The molecule has 2 rings (SSSR count). The van der Waals surface area contributed by atoms with Crippen molar-refractivity contribution in [2.45, 2.75) is 69.5 Å². The van der Waals surface area contributed by atoms with Gasteiger partial charge in [0.2, 0.25) is 11.1 Å². The van der Waals surface area contributed by atoms with E-state index in [9.17, 15) is 14.4 Å². The van der Waals surface area contributed by atoms with Crippen molar-refractivity contribution in [3.05, 3.63) is 0 Å². The molecule has 0 bridgehead atoms. The molecule has 4 amide bonds. The first kappa shape index (κ1) is 21.1. The number of thioether (sulfide) groups is 1. The Balaban J connectivity index is 1.78. The van der Waals surface area contributed by atoms with E-state index in [4.69, 9.17) is 0 Å². The lowest BCUT2D eigenvalue weighted by Crippen LogP contribution is -2.48. The second kappa shape index (κ2) is 9.67. The maximum absolute atomic E-state index is 12.6. The van der Waals surface area contributed by atoms with Crippen LogP contribution >= 0.6 is 11.8 Å². The number of aryl methyl sites for hydroxylation is 1. The number of amides is 4. The number of aromatic nitrogens is 4. The lowest BCUT2D eigenvalue weighted by Gasteiger charge is -2.21. The van der Waals surface area contributed by atoms with Gasteiger partial charge in [0.25, 0.3) is 5.91 Å². The highest BCUT2D eigenvalue weighted by molar-refractivity contribution is 7.99. The van der Waals surface area contributed by atoms with Crippen molar-refractivity contribution in [3.8, 4) is 0 Å². The number of rotatable bonds is 11. The van der Waals surface area contributed by atoms with E-state index in [1.165, 1.54) is 22.9 Å². The minimum Gasteiger partial charge on any atom is -0.322 e. The van der Waals surface area contributed by atoms with E-state index in [-0.39, 0.29) is 6.42 Å². The van der Waals surface area contributed by atoms with Crippen molar-refractivity contribution in [3.63, 3.8) is 0 Å². The largest absolute Gasteiger partial charge is 0.344 e. The van der Waals surface area contributed by atoms with Gasteiger partial charge in [-0.25, -0.2) is 9.48 Å². The van der Waals surface area contributed by atoms with Crippen molar-refractivity contribution in [1.29, 1.82) is 0 Å². The SMILES string of the molecule is CCCCCCCC1(C)NC(=O)N(NC(=O)CCSc2nnnn2C)C1=O. The van der Waals surface area contributed by atoms with Gasteiger partial charge in [0, 0.05) is 19.2 Å². The molecule has 1 aliphatic heterocycles. The maximum atomic E-state index is 12.6. The number of hydrogen-bond donors (Lipinski definition) is 2. The summed E-state index contributed by atoms with van der Waals surface area (Å²) in [6, 6.07) is -0.588. The summed E-state index contributed by atoms with van der Waals surface area (Å²) < 4.78 is 1.51. The van der Waals surface area contributed by atoms with Crippen LogP contribution < -0.4 is 10.7 Å². The standard InChI is InChI=1S/C16H27N7O3S/c1-4-5-6-7-8-10-16(2)13(25)23(14(26)17-16)19-12(24)9-11-27-15-18-20-21-22(15)3/h4-11H2,1-3H3,(H,17,26)(H,19,24). The van der Waals surface area contributed by atoms with Crippen molar-refractivity contribution < 1.29 is 14.4 Å². The Morgan fingerprint density at radius 2 is 2.00 bits per heavy atom. The average molecular weight is 398 g/mol. The molecule has 10 nitrogen and oxygen atoms in total. The van der Waals surface area contributed by atoms with Gasteiger partial charge in [0.1, 0.15) is 5.54 Å². The van der Waals surface area contributed by atoms with E-state index in [0.29, 0.717) is 17.3 Å². The molecule has 1 saturated heterocycles. The summed E-state index contributed by atoms with van der Waals surface area (Å²) in [7, 11) is 1.71. The molecular weight excluding hydrogens is 370 g/mol. The summed E-state index contributed by atoms with van der Waals surface area (Å²) in [5.41, 5.74) is 1.44. The predicted octanol–water partition coefficient (Wildman–Crippen LogP) is 1.39. The first-order valence-corrected chi connectivity index (χ1v) is 10.2. The van der Waals surface area contributed by atoms with E-state index in [1.807, 2.05) is 0 Å². The highest BCUT2D eigenvalue weighted by atomic mass is 32.2. The van der Waals surface area contributed by atoms with Crippen molar-refractivity contribution in [2.24, 2.45) is 7.05 Å². The monoisotopic (exact) mass is 397 g/mol. The molecule has 1 fully saturated rings. The van der Waals surface area contributed by atoms with Crippen LogP contribution in [0.15, 0.2) is 5.16 Å². The van der Waals surface area contributed by atoms with Crippen LogP contribution in [0.4, 0.5) is 4.79 Å². The average Bonchev–Trinajstić information content (AvgIpc) is 3.11. The molecule has 11 heteroatoms. The van der Waals surface area contributed by atoms with Crippen LogP contribution in [0.5, 0.6) is 0 Å². The molecule has 2 heterocycles. The summed E-state index contributed by atoms with van der Waals surface area (Å²) in [6.45, 7) is 3.85. The van der Waals surface area contributed by atoms with Crippen LogP contribution in [0, 0.1) is 0 Å². The summed E-state index contributed by atoms with van der Waals surface area (Å²) in [4.78, 5) is 36.8. The molecule has 0 spiro atoms. The Bertz CT molecular complexity index is 681. The number of nitrogens with zero attached hydrogens (tertiary/aromatic N) is 5. The van der Waals surface area contributed by atoms with E-state index < -0.39 is 23.4 Å². The first-order valence-electron chi connectivity index (χ1n) is 9.18. The van der Waals surface area contributed by atoms with Gasteiger partial charge in [-0.3, -0.25) is 15.0 Å². The molecule has 1 aromatic rings. The van der Waals surface area contributed by atoms with Crippen LogP contribution in [-0.2, 0) is 16.6 Å². The van der Waals surface area contributed by atoms with E-state index in [1.54, 1.807) is 14.0 Å². The Morgan fingerprint density at radius 3 is 2.67 bits per heavy atom. The third kappa shape index (κ3) is 5.65. The molecule has 1 aromatic heterocycles. The topological polar surface area (TPSA) is 122 Å². The van der Waals surface area contributed by atoms with Gasteiger partial charge in [-0.15, -0.1) is 5.10 Å². The maximum Gasteiger partial charge on any atom is 0.344 e. The second-order valence-electron chi connectivity index (χ2n) is 6.79. The number of carbonyl (C=O) groups excluding carboxylic acids is 3. The minimum atomic E-state index is -0.963. The van der Waals surface area contributed by atoms with Gasteiger partial charge >= 0.3 is 6.03 Å². The summed E-state index contributed by atoms with van der Waals surface area (Å²) in [6.07, 6.45) is 6.00. The second-order valence-corrected chi connectivity index (χ2v) is 7.85. The zero-order valence-electron chi connectivity index (χ0n) is 16.0. The normalized spacial score (nSPS) is 19.4. The molecule has 27 heavy (non-hydrogen) atoms. The van der Waals surface area contributed by atoms with Gasteiger partial charge in [-0.2, -0.15) is 5.01 Å². The zero-order valence-corrected chi connectivity index (χ0v) is 16.8. The van der Waals surface area contributed by atoms with Crippen LogP contribution in [0.1, 0.15) is 58.8 Å². The van der Waals surface area contributed by atoms with E-state index in [2.05, 4.69) is 33.2 Å². The molecule has 0 aromatic carbocycles. The van der Waals surface area contributed by atoms with Gasteiger partial charge in [-0.1, -0.05) is 50.8 Å². The fraction of sp³-hybridized carbons (Fsp3) is 0.750. The predicted molar refractivity (Wildman–Crippen MR) is 99.4 cm³/mol. The van der Waals surface area contributed by atoms with Crippen molar-refractivity contribution >= 4 is 29.6 Å². The Kier molecular flexibility index (Phi) is 7.57. The van der Waals surface area contributed by atoms with Crippen LogP contribution in [-0.4, -0.2) is 54.4 Å². The molecule has 150 valence electrons. The number of imide groups is 1. The summed E-state index contributed by atoms with van der Waals surface area (Å²) in [5.74, 6) is -0.395. The lowest BCUT2D eigenvalue weighted by atomic mass is 9.94. The smallest absolute Gasteiger partial charge is 0.322 e. The number of hydrazine groups is 1. The Morgan fingerprint density at radius 1 is 1.26 bits per heavy atom. The number of urea groups is 1. The molecule has 1 unspecified atom stereocenters. The third-order valence-corrected chi connectivity index (χ3v) is 5.43. The molecule has 2 N–H and O–H groups in total. The van der Waals surface area contributed by atoms with Crippen LogP contribution in [0.2, 0.25) is 0 Å². The quantitative estimate of drug-likeness (QED) is 0.329. The molecule has 0 saturated carbocycles. The molecular formula is C16H27N7O3S. The molecule has 0 aliphatic carbocycles. The first-order chi connectivity index (χ1) is 12.9. The number of carbonyl (C=O) groups is 3. The fourth-order valence-electron chi connectivity index (χ4n) is 2.80. The van der Waals surface area contributed by atoms with Crippen LogP contribution in [0.25, 0.3) is 0 Å². The van der Waals surface area contributed by atoms with Gasteiger partial charge in [0.05, 0.1) is 0 Å². The van der Waals surface area contributed by atoms with Gasteiger partial charge < -0.3 is 5.32 Å². The molecule has 1 aliphatic rings. The Labute approximate surface area is 162 Å². The third-order valence-electron chi connectivity index (χ3n) is 4.42. The van der Waals surface area contributed by atoms with E-state index in [0.717, 1.165) is 30.7 Å². The minimum absolute atomic E-state index is 0.127. The van der Waals surface area contributed by atoms with Crippen LogP contribution in [0.3, 0.4) is 0 Å². The van der Waals surface area contributed by atoms with Gasteiger partial charge in [0.15, 0.2) is 0 Å². The highest BCUT2D eigenvalue weighted by Crippen LogP contribution is 2.23. The van der Waals surface area contributed by atoms with Crippen molar-refractivity contribution in [2.75, 3.05) is 5.75 Å². The van der Waals surface area contributed by atoms with E-state index >= 15 is 0 Å². The van der Waals surface area contributed by atoms with Gasteiger partial charge in [-0.05, 0) is 23.8 Å². The highest BCUT2D eigenvalue weighted by Gasteiger charge is 2.48. The van der Waals surface area contributed by atoms with Crippen molar-refractivity contribution in [1.82, 2.24) is 36.0 Å². The zero-order chi connectivity index (χ0) is 19.9. The Hall–Kier alpha value is -2.17. The number of nitrogens with one attached hydrogen (secondary N) is 2. The summed E-state index contributed by atoms with van der Waals surface area (Å²) in [5, 5.41) is 15.1. The fourth-order valence-corrected chi connectivity index (χ4v) is 3.58. The number of unbranched alkanes of at least 4 members (excludes halogenated alkanes) is 4. The molecule has 0 radical (unpaired) electrons.